The van der Waals surface area contributed by atoms with E-state index in [1.807, 2.05) is 0 Å². The highest BCUT2D eigenvalue weighted by atomic mass is 19.4. The summed E-state index contributed by atoms with van der Waals surface area (Å²) >= 11 is 0. The molecule has 0 spiro atoms. The highest BCUT2D eigenvalue weighted by molar-refractivity contribution is 5.94. The average molecular weight is 325 g/mol. The molecule has 0 fully saturated rings. The zero-order valence-corrected chi connectivity index (χ0v) is 11.5. The van der Waals surface area contributed by atoms with Crippen LogP contribution in [0.4, 0.5) is 18.9 Å². The molecule has 9 heteroatoms. The Labute approximate surface area is 128 Å². The van der Waals surface area contributed by atoms with Gasteiger partial charge in [-0.15, -0.1) is 0 Å². The summed E-state index contributed by atoms with van der Waals surface area (Å²) in [5.74, 6) is -1.53. The minimum absolute atomic E-state index is 0.0603. The molecule has 0 saturated carbocycles. The van der Waals surface area contributed by atoms with E-state index in [2.05, 4.69) is 15.3 Å². The molecule has 1 heterocycles. The third kappa shape index (κ3) is 4.77. The van der Waals surface area contributed by atoms with E-state index in [1.54, 1.807) is 0 Å². The minimum Gasteiger partial charge on any atom is -0.451 e. The molecule has 0 bridgehead atoms. The number of aromatic nitrogens is 2. The average Bonchev–Trinajstić information content (AvgIpc) is 2.53. The summed E-state index contributed by atoms with van der Waals surface area (Å²) < 4.78 is 41.9. The van der Waals surface area contributed by atoms with Gasteiger partial charge in [-0.25, -0.2) is 9.78 Å². The fourth-order valence-corrected chi connectivity index (χ4v) is 1.55. The molecule has 0 unspecified atom stereocenters. The van der Waals surface area contributed by atoms with E-state index >= 15 is 0 Å². The Kier molecular flexibility index (Phi) is 4.89. The van der Waals surface area contributed by atoms with Crippen molar-refractivity contribution >= 4 is 17.6 Å². The predicted molar refractivity (Wildman–Crippen MR) is 72.4 cm³/mol. The fraction of sp³-hybridized carbons (Fsp3) is 0.143. The SMILES string of the molecule is O=C(COC(=O)c1cnccn1)Nc1ccc(C(F)(F)F)cc1. The van der Waals surface area contributed by atoms with Gasteiger partial charge in [-0.05, 0) is 24.3 Å². The second-order valence-electron chi connectivity index (χ2n) is 4.29. The zero-order chi connectivity index (χ0) is 16.9. The Balaban J connectivity index is 1.86. The molecule has 0 saturated heterocycles. The van der Waals surface area contributed by atoms with E-state index in [0.29, 0.717) is 0 Å². The van der Waals surface area contributed by atoms with Crippen molar-refractivity contribution in [1.82, 2.24) is 9.97 Å². The van der Waals surface area contributed by atoms with Gasteiger partial charge < -0.3 is 10.1 Å². The standard InChI is InChI=1S/C14H10F3N3O3/c15-14(16,17)9-1-3-10(4-2-9)20-12(21)8-23-13(22)11-7-18-5-6-19-11/h1-7H,8H2,(H,20,21). The molecule has 1 N–H and O–H groups in total. The summed E-state index contributed by atoms with van der Waals surface area (Å²) in [4.78, 5) is 30.5. The van der Waals surface area contributed by atoms with Gasteiger partial charge in [-0.2, -0.15) is 13.2 Å². The number of carbonyl (C=O) groups excluding carboxylic acids is 2. The number of benzene rings is 1. The maximum Gasteiger partial charge on any atom is 0.416 e. The number of nitrogens with one attached hydrogen (secondary N) is 1. The van der Waals surface area contributed by atoms with Crippen molar-refractivity contribution in [2.24, 2.45) is 0 Å². The minimum atomic E-state index is -4.45. The summed E-state index contributed by atoms with van der Waals surface area (Å²) in [5, 5.41) is 2.31. The van der Waals surface area contributed by atoms with Crippen molar-refractivity contribution < 1.29 is 27.5 Å². The monoisotopic (exact) mass is 325 g/mol. The number of hydrogen-bond acceptors (Lipinski definition) is 5. The maximum absolute atomic E-state index is 12.4. The zero-order valence-electron chi connectivity index (χ0n) is 11.5. The number of carbonyl (C=O) groups is 2. The van der Waals surface area contributed by atoms with Crippen LogP contribution in [0.3, 0.4) is 0 Å². The van der Waals surface area contributed by atoms with Gasteiger partial charge in [0.25, 0.3) is 5.91 Å². The van der Waals surface area contributed by atoms with Crippen LogP contribution in [0.5, 0.6) is 0 Å². The first-order valence-corrected chi connectivity index (χ1v) is 6.26. The molecular formula is C14H10F3N3O3. The van der Waals surface area contributed by atoms with Gasteiger partial charge in [0.15, 0.2) is 12.3 Å². The fourth-order valence-electron chi connectivity index (χ4n) is 1.55. The molecule has 1 aromatic heterocycles. The second-order valence-corrected chi connectivity index (χ2v) is 4.29. The number of anilines is 1. The molecule has 1 aromatic carbocycles. The van der Waals surface area contributed by atoms with Crippen LogP contribution in [-0.2, 0) is 15.7 Å². The van der Waals surface area contributed by atoms with Gasteiger partial charge in [0.1, 0.15) is 0 Å². The van der Waals surface area contributed by atoms with Gasteiger partial charge in [0, 0.05) is 18.1 Å². The Hall–Kier alpha value is -2.97. The number of hydrogen-bond donors (Lipinski definition) is 1. The van der Waals surface area contributed by atoms with Crippen LogP contribution in [0.1, 0.15) is 16.1 Å². The van der Waals surface area contributed by atoms with E-state index in [-0.39, 0.29) is 11.4 Å². The lowest BCUT2D eigenvalue weighted by atomic mass is 10.2. The van der Waals surface area contributed by atoms with Crippen LogP contribution >= 0.6 is 0 Å². The first kappa shape index (κ1) is 16.4. The summed E-state index contributed by atoms with van der Waals surface area (Å²) in [6, 6.07) is 3.87. The van der Waals surface area contributed by atoms with Crippen LogP contribution in [0, 0.1) is 0 Å². The van der Waals surface area contributed by atoms with Crippen molar-refractivity contribution in [3.05, 3.63) is 54.1 Å². The topological polar surface area (TPSA) is 81.2 Å². The van der Waals surface area contributed by atoms with Gasteiger partial charge in [-0.3, -0.25) is 9.78 Å². The van der Waals surface area contributed by atoms with Crippen molar-refractivity contribution in [3.8, 4) is 0 Å². The quantitative estimate of drug-likeness (QED) is 0.872. The van der Waals surface area contributed by atoms with Crippen molar-refractivity contribution in [2.45, 2.75) is 6.18 Å². The van der Waals surface area contributed by atoms with Crippen LogP contribution < -0.4 is 5.32 Å². The van der Waals surface area contributed by atoms with Crippen LogP contribution in [0.15, 0.2) is 42.9 Å². The molecule has 23 heavy (non-hydrogen) atoms. The number of rotatable bonds is 4. The van der Waals surface area contributed by atoms with Gasteiger partial charge >= 0.3 is 12.1 Å². The molecule has 0 atom stereocenters. The Morgan fingerprint density at radius 1 is 1.13 bits per heavy atom. The van der Waals surface area contributed by atoms with Crippen LogP contribution in [-0.4, -0.2) is 28.5 Å². The van der Waals surface area contributed by atoms with Gasteiger partial charge in [-0.1, -0.05) is 0 Å². The largest absolute Gasteiger partial charge is 0.451 e. The highest BCUT2D eigenvalue weighted by Gasteiger charge is 2.29. The summed E-state index contributed by atoms with van der Waals surface area (Å²) in [5.41, 5.74) is -0.738. The molecule has 0 aliphatic rings. The van der Waals surface area contributed by atoms with Gasteiger partial charge in [0.2, 0.25) is 0 Å². The van der Waals surface area contributed by atoms with Crippen molar-refractivity contribution in [2.75, 3.05) is 11.9 Å². The first-order chi connectivity index (χ1) is 10.9. The van der Waals surface area contributed by atoms with E-state index in [1.165, 1.54) is 18.6 Å². The summed E-state index contributed by atoms with van der Waals surface area (Å²) in [7, 11) is 0. The first-order valence-electron chi connectivity index (χ1n) is 6.26. The Morgan fingerprint density at radius 2 is 1.83 bits per heavy atom. The number of halogens is 3. The number of amides is 1. The van der Waals surface area contributed by atoms with Gasteiger partial charge in [0.05, 0.1) is 11.8 Å². The number of alkyl halides is 3. The number of nitrogens with zero attached hydrogens (tertiary/aromatic N) is 2. The molecule has 0 aliphatic carbocycles. The Bertz CT molecular complexity index is 688. The van der Waals surface area contributed by atoms with E-state index in [9.17, 15) is 22.8 Å². The molecule has 2 rings (SSSR count). The van der Waals surface area contributed by atoms with Crippen LogP contribution in [0.25, 0.3) is 0 Å². The normalized spacial score (nSPS) is 10.9. The smallest absolute Gasteiger partial charge is 0.416 e. The van der Waals surface area contributed by atoms with Crippen LogP contribution in [0.2, 0.25) is 0 Å². The molecule has 6 nitrogen and oxygen atoms in total. The van der Waals surface area contributed by atoms with Crippen molar-refractivity contribution in [3.63, 3.8) is 0 Å². The van der Waals surface area contributed by atoms with Crippen molar-refractivity contribution in [1.29, 1.82) is 0 Å². The number of ether oxygens (including phenoxy) is 1. The van der Waals surface area contributed by atoms with E-state index in [0.717, 1.165) is 24.3 Å². The third-order valence-electron chi connectivity index (χ3n) is 2.60. The lowest BCUT2D eigenvalue weighted by molar-refractivity contribution is -0.137. The second kappa shape index (κ2) is 6.86. The molecule has 1 amide bonds. The molecule has 0 radical (unpaired) electrons. The lowest BCUT2D eigenvalue weighted by Crippen LogP contribution is -2.21. The third-order valence-corrected chi connectivity index (χ3v) is 2.60. The molecule has 0 aliphatic heterocycles. The lowest BCUT2D eigenvalue weighted by Gasteiger charge is -2.09. The van der Waals surface area contributed by atoms with E-state index in [4.69, 9.17) is 4.74 Å². The predicted octanol–water partition coefficient (Wildman–Crippen LogP) is 2.29. The summed E-state index contributed by atoms with van der Waals surface area (Å²) in [6.07, 6.45) is -0.613. The molecular weight excluding hydrogens is 315 g/mol. The number of esters is 1. The maximum atomic E-state index is 12.4. The Morgan fingerprint density at radius 3 is 2.39 bits per heavy atom. The molecule has 2 aromatic rings. The molecule has 120 valence electrons. The highest BCUT2D eigenvalue weighted by Crippen LogP contribution is 2.29. The summed E-state index contributed by atoms with van der Waals surface area (Å²) in [6.45, 7) is -0.601. The van der Waals surface area contributed by atoms with E-state index < -0.39 is 30.2 Å².